The first-order valence-electron chi connectivity index (χ1n) is 6.57. The van der Waals surface area contributed by atoms with Crippen molar-refractivity contribution in [2.24, 2.45) is 0 Å². The van der Waals surface area contributed by atoms with Crippen molar-refractivity contribution in [1.29, 1.82) is 0 Å². The summed E-state index contributed by atoms with van der Waals surface area (Å²) in [6, 6.07) is 1.49. The molecule has 0 saturated heterocycles. The number of hydrogen-bond acceptors (Lipinski definition) is 3. The average Bonchev–Trinajstić information content (AvgIpc) is 2.94. The summed E-state index contributed by atoms with van der Waals surface area (Å²) in [5, 5.41) is 8.46. The fourth-order valence-electron chi connectivity index (χ4n) is 2.34. The van der Waals surface area contributed by atoms with Crippen molar-refractivity contribution in [3.05, 3.63) is 35.4 Å². The minimum atomic E-state index is -0.240. The van der Waals surface area contributed by atoms with E-state index in [1.165, 1.54) is 9.36 Å². The molecule has 5 heteroatoms. The summed E-state index contributed by atoms with van der Waals surface area (Å²) in [7, 11) is 0. The maximum absolute atomic E-state index is 12.3. The standard InChI is InChI=1S/C14H20N4O/c1-9(2)12-11(5)18(16-13(12)10(3)4)14(19)17-8-6-7-15-17/h6-10H,1-5H3. The average molecular weight is 260 g/mol. The van der Waals surface area contributed by atoms with Crippen LogP contribution in [0.4, 0.5) is 4.79 Å². The molecule has 0 N–H and O–H groups in total. The van der Waals surface area contributed by atoms with E-state index in [2.05, 4.69) is 37.9 Å². The molecule has 0 aliphatic heterocycles. The van der Waals surface area contributed by atoms with Crippen molar-refractivity contribution >= 4 is 6.03 Å². The lowest BCUT2D eigenvalue weighted by Gasteiger charge is -2.09. The molecule has 2 aromatic rings. The van der Waals surface area contributed by atoms with E-state index in [0.717, 1.165) is 17.0 Å². The Morgan fingerprint density at radius 1 is 1.21 bits per heavy atom. The molecule has 5 nitrogen and oxygen atoms in total. The highest BCUT2D eigenvalue weighted by molar-refractivity contribution is 5.78. The first kappa shape index (κ1) is 13.5. The molecular weight excluding hydrogens is 240 g/mol. The summed E-state index contributed by atoms with van der Waals surface area (Å²) in [6.45, 7) is 10.4. The van der Waals surface area contributed by atoms with Crippen LogP contribution in [-0.4, -0.2) is 25.6 Å². The van der Waals surface area contributed by atoms with Gasteiger partial charge >= 0.3 is 6.03 Å². The Balaban J connectivity index is 2.54. The fraction of sp³-hybridized carbons (Fsp3) is 0.500. The Labute approximate surface area is 113 Å². The van der Waals surface area contributed by atoms with Crippen molar-refractivity contribution < 1.29 is 4.79 Å². The third-order valence-electron chi connectivity index (χ3n) is 3.20. The summed E-state index contributed by atoms with van der Waals surface area (Å²) in [5.41, 5.74) is 3.06. The van der Waals surface area contributed by atoms with Crippen LogP contribution < -0.4 is 0 Å². The van der Waals surface area contributed by atoms with Crippen LogP contribution in [-0.2, 0) is 0 Å². The van der Waals surface area contributed by atoms with E-state index in [1.54, 1.807) is 18.5 Å². The Morgan fingerprint density at radius 2 is 1.89 bits per heavy atom. The molecule has 0 aliphatic rings. The van der Waals surface area contributed by atoms with Gasteiger partial charge in [-0.3, -0.25) is 0 Å². The number of carbonyl (C=O) groups is 1. The molecule has 2 rings (SSSR count). The lowest BCUT2D eigenvalue weighted by Crippen LogP contribution is -2.22. The summed E-state index contributed by atoms with van der Waals surface area (Å²) in [4.78, 5) is 12.3. The van der Waals surface area contributed by atoms with Crippen molar-refractivity contribution in [3.63, 3.8) is 0 Å². The summed E-state index contributed by atoms with van der Waals surface area (Å²) < 4.78 is 2.76. The number of aromatic nitrogens is 4. The SMILES string of the molecule is Cc1c(C(C)C)c(C(C)C)nn1C(=O)n1cccn1. The van der Waals surface area contributed by atoms with E-state index in [0.29, 0.717) is 11.8 Å². The molecule has 0 spiro atoms. The van der Waals surface area contributed by atoms with Crippen molar-refractivity contribution in [2.45, 2.75) is 46.5 Å². The molecule has 0 saturated carbocycles. The predicted molar refractivity (Wildman–Crippen MR) is 73.6 cm³/mol. The van der Waals surface area contributed by atoms with Gasteiger partial charge in [0.1, 0.15) is 0 Å². The Morgan fingerprint density at radius 3 is 2.32 bits per heavy atom. The van der Waals surface area contributed by atoms with Gasteiger partial charge in [0.05, 0.1) is 5.69 Å². The minimum Gasteiger partial charge on any atom is -0.244 e. The zero-order chi connectivity index (χ0) is 14.2. The van der Waals surface area contributed by atoms with Crippen LogP contribution in [0.25, 0.3) is 0 Å². The molecule has 0 unspecified atom stereocenters. The number of hydrogen-bond donors (Lipinski definition) is 0. The molecule has 0 atom stereocenters. The third-order valence-corrected chi connectivity index (χ3v) is 3.20. The van der Waals surface area contributed by atoms with Crippen LogP contribution in [0.15, 0.2) is 18.5 Å². The van der Waals surface area contributed by atoms with Crippen LogP contribution in [0.5, 0.6) is 0 Å². The maximum atomic E-state index is 12.3. The quantitative estimate of drug-likeness (QED) is 0.833. The molecular formula is C14H20N4O. The van der Waals surface area contributed by atoms with Crippen LogP contribution in [0.1, 0.15) is 56.5 Å². The van der Waals surface area contributed by atoms with Gasteiger partial charge in [0, 0.05) is 18.1 Å². The zero-order valence-corrected chi connectivity index (χ0v) is 12.1. The monoisotopic (exact) mass is 260 g/mol. The van der Waals surface area contributed by atoms with E-state index in [1.807, 2.05) is 6.92 Å². The van der Waals surface area contributed by atoms with Gasteiger partial charge in [0.25, 0.3) is 0 Å². The van der Waals surface area contributed by atoms with E-state index in [9.17, 15) is 4.79 Å². The Kier molecular flexibility index (Phi) is 3.55. The molecule has 0 fully saturated rings. The lowest BCUT2D eigenvalue weighted by atomic mass is 9.95. The van der Waals surface area contributed by atoms with Gasteiger partial charge < -0.3 is 0 Å². The summed E-state index contributed by atoms with van der Waals surface area (Å²) >= 11 is 0. The van der Waals surface area contributed by atoms with Gasteiger partial charge in [-0.05, 0) is 30.4 Å². The van der Waals surface area contributed by atoms with Crippen molar-refractivity contribution in [3.8, 4) is 0 Å². The molecule has 0 aliphatic carbocycles. The summed E-state index contributed by atoms with van der Waals surface area (Å²) in [5.74, 6) is 0.638. The normalized spacial score (nSPS) is 11.5. The van der Waals surface area contributed by atoms with E-state index in [-0.39, 0.29) is 6.03 Å². The van der Waals surface area contributed by atoms with Crippen molar-refractivity contribution in [2.75, 3.05) is 0 Å². The van der Waals surface area contributed by atoms with Gasteiger partial charge in [-0.15, -0.1) is 0 Å². The van der Waals surface area contributed by atoms with Crippen LogP contribution >= 0.6 is 0 Å². The smallest absolute Gasteiger partial charge is 0.244 e. The van der Waals surface area contributed by atoms with E-state index < -0.39 is 0 Å². The molecule has 2 heterocycles. The highest BCUT2D eigenvalue weighted by Gasteiger charge is 2.23. The molecule has 0 radical (unpaired) electrons. The number of carbonyl (C=O) groups excluding carboxylic acids is 1. The Bertz CT molecular complexity index is 579. The first-order valence-corrected chi connectivity index (χ1v) is 6.57. The predicted octanol–water partition coefficient (Wildman–Crippen LogP) is 3.15. The molecule has 0 bridgehead atoms. The minimum absolute atomic E-state index is 0.240. The van der Waals surface area contributed by atoms with Crippen LogP contribution in [0.2, 0.25) is 0 Å². The first-order chi connectivity index (χ1) is 8.93. The van der Waals surface area contributed by atoms with Gasteiger partial charge in [-0.1, -0.05) is 27.7 Å². The molecule has 2 aromatic heterocycles. The molecule has 0 amide bonds. The topological polar surface area (TPSA) is 52.7 Å². The van der Waals surface area contributed by atoms with Crippen LogP contribution in [0.3, 0.4) is 0 Å². The highest BCUT2D eigenvalue weighted by Crippen LogP contribution is 2.28. The second-order valence-electron chi connectivity index (χ2n) is 5.34. The second-order valence-corrected chi connectivity index (χ2v) is 5.34. The highest BCUT2D eigenvalue weighted by atomic mass is 16.2. The van der Waals surface area contributed by atoms with Gasteiger partial charge in [-0.25, -0.2) is 4.79 Å². The largest absolute Gasteiger partial charge is 0.369 e. The van der Waals surface area contributed by atoms with Gasteiger partial charge in [0.2, 0.25) is 0 Å². The second kappa shape index (κ2) is 4.99. The fourth-order valence-corrected chi connectivity index (χ4v) is 2.34. The maximum Gasteiger partial charge on any atom is 0.369 e. The van der Waals surface area contributed by atoms with Crippen LogP contribution in [0, 0.1) is 6.92 Å². The molecule has 102 valence electrons. The van der Waals surface area contributed by atoms with Gasteiger partial charge in [0.15, 0.2) is 0 Å². The summed E-state index contributed by atoms with van der Waals surface area (Å²) in [6.07, 6.45) is 3.22. The number of rotatable bonds is 2. The van der Waals surface area contributed by atoms with Crippen molar-refractivity contribution in [1.82, 2.24) is 19.6 Å². The third kappa shape index (κ3) is 2.32. The zero-order valence-electron chi connectivity index (χ0n) is 12.1. The van der Waals surface area contributed by atoms with E-state index >= 15 is 0 Å². The molecule has 19 heavy (non-hydrogen) atoms. The molecule has 0 aromatic carbocycles. The van der Waals surface area contributed by atoms with Gasteiger partial charge in [-0.2, -0.15) is 19.6 Å². The number of nitrogens with zero attached hydrogens (tertiary/aromatic N) is 4. The lowest BCUT2D eigenvalue weighted by molar-refractivity contribution is 0.237. The Hall–Kier alpha value is -1.91. The van der Waals surface area contributed by atoms with E-state index in [4.69, 9.17) is 0 Å².